The van der Waals surface area contributed by atoms with Crippen LogP contribution >= 0.6 is 0 Å². The summed E-state index contributed by atoms with van der Waals surface area (Å²) in [4.78, 5) is 7.17. The van der Waals surface area contributed by atoms with Crippen molar-refractivity contribution in [2.45, 2.75) is 44.7 Å². The van der Waals surface area contributed by atoms with Crippen LogP contribution in [-0.2, 0) is 0 Å². The highest BCUT2D eigenvalue weighted by Crippen LogP contribution is 2.29. The summed E-state index contributed by atoms with van der Waals surface area (Å²) in [6.07, 6.45) is 9.01. The molecule has 2 atom stereocenters. The highest BCUT2D eigenvalue weighted by atomic mass is 15.3. The van der Waals surface area contributed by atoms with Gasteiger partial charge in [0.2, 0.25) is 0 Å². The minimum atomic E-state index is 0.532. The summed E-state index contributed by atoms with van der Waals surface area (Å²) >= 11 is 0. The van der Waals surface area contributed by atoms with Crippen LogP contribution in [0.4, 0.5) is 5.82 Å². The molecule has 2 aromatic heterocycles. The molecule has 2 aromatic rings. The molecule has 0 aliphatic carbocycles. The molecule has 2 saturated heterocycles. The lowest BCUT2D eigenvalue weighted by atomic mass is 9.99. The molecule has 2 fully saturated rings. The van der Waals surface area contributed by atoms with Crippen LogP contribution in [0, 0.1) is 6.92 Å². The molecule has 5 heteroatoms. The van der Waals surface area contributed by atoms with Crippen LogP contribution in [0.25, 0.3) is 5.52 Å². The third-order valence-electron chi connectivity index (χ3n) is 4.69. The van der Waals surface area contributed by atoms with Gasteiger partial charge in [-0.05, 0) is 38.8 Å². The molecular formula is C15H21N5. The summed E-state index contributed by atoms with van der Waals surface area (Å²) in [5.74, 6) is 0.977. The molecule has 0 radical (unpaired) electrons. The van der Waals surface area contributed by atoms with Gasteiger partial charge >= 0.3 is 0 Å². The number of piperidine rings is 1. The average molecular weight is 271 g/mol. The fourth-order valence-corrected chi connectivity index (χ4v) is 3.75. The number of aromatic nitrogens is 3. The van der Waals surface area contributed by atoms with E-state index >= 15 is 0 Å². The summed E-state index contributed by atoms with van der Waals surface area (Å²) in [6.45, 7) is 4.52. The lowest BCUT2D eigenvalue weighted by molar-refractivity contribution is 0.192. The summed E-state index contributed by atoms with van der Waals surface area (Å²) in [6, 6.07) is 3.32. The van der Waals surface area contributed by atoms with Crippen molar-refractivity contribution in [2.24, 2.45) is 0 Å². The zero-order chi connectivity index (χ0) is 13.5. The minimum Gasteiger partial charge on any atom is -0.364 e. The molecule has 4 rings (SSSR count). The summed E-state index contributed by atoms with van der Waals surface area (Å²) in [5.41, 5.74) is 2.12. The van der Waals surface area contributed by atoms with Crippen LogP contribution in [-0.4, -0.2) is 44.7 Å². The molecule has 1 N–H and O–H groups in total. The topological polar surface area (TPSA) is 45.5 Å². The standard InChI is InChI=1S/C15H21N5/c1-11-10-14-15(16-6-9-20(14)18-11)17-12-5-8-19-7-3-2-4-13(12)19/h6,9-10,12-13H,2-5,7-8H2,1H3,(H,16,17). The molecule has 0 amide bonds. The van der Waals surface area contributed by atoms with Gasteiger partial charge in [-0.1, -0.05) is 6.42 Å². The van der Waals surface area contributed by atoms with Crippen molar-refractivity contribution < 1.29 is 0 Å². The minimum absolute atomic E-state index is 0.532. The van der Waals surface area contributed by atoms with E-state index in [1.54, 1.807) is 0 Å². The Morgan fingerprint density at radius 1 is 1.25 bits per heavy atom. The zero-order valence-electron chi connectivity index (χ0n) is 11.9. The fourth-order valence-electron chi connectivity index (χ4n) is 3.75. The number of fused-ring (bicyclic) bond motifs is 2. The van der Waals surface area contributed by atoms with E-state index in [0.717, 1.165) is 17.0 Å². The summed E-state index contributed by atoms with van der Waals surface area (Å²) in [7, 11) is 0. The Hall–Kier alpha value is -1.62. The lowest BCUT2D eigenvalue weighted by Gasteiger charge is -2.32. The Labute approximate surface area is 119 Å². The molecule has 2 aliphatic heterocycles. The number of anilines is 1. The first-order valence-electron chi connectivity index (χ1n) is 7.63. The van der Waals surface area contributed by atoms with Gasteiger partial charge in [0, 0.05) is 31.0 Å². The highest BCUT2D eigenvalue weighted by molar-refractivity contribution is 5.68. The number of nitrogens with zero attached hydrogens (tertiary/aromatic N) is 4. The molecule has 5 nitrogen and oxygen atoms in total. The number of aryl methyl sites for hydroxylation is 1. The van der Waals surface area contributed by atoms with Crippen LogP contribution < -0.4 is 5.32 Å². The van der Waals surface area contributed by atoms with Gasteiger partial charge in [0.25, 0.3) is 0 Å². The maximum absolute atomic E-state index is 4.53. The van der Waals surface area contributed by atoms with E-state index in [9.17, 15) is 0 Å². The van der Waals surface area contributed by atoms with Crippen molar-refractivity contribution in [2.75, 3.05) is 18.4 Å². The number of nitrogens with one attached hydrogen (secondary N) is 1. The second-order valence-corrected chi connectivity index (χ2v) is 6.03. The smallest absolute Gasteiger partial charge is 0.152 e. The highest BCUT2D eigenvalue weighted by Gasteiger charge is 2.35. The van der Waals surface area contributed by atoms with E-state index in [-0.39, 0.29) is 0 Å². The van der Waals surface area contributed by atoms with E-state index in [1.807, 2.05) is 23.8 Å². The van der Waals surface area contributed by atoms with E-state index in [2.05, 4.69) is 26.4 Å². The van der Waals surface area contributed by atoms with Gasteiger partial charge in [-0.25, -0.2) is 9.50 Å². The van der Waals surface area contributed by atoms with Crippen molar-refractivity contribution in [1.82, 2.24) is 19.5 Å². The predicted molar refractivity (Wildman–Crippen MR) is 79.0 cm³/mol. The summed E-state index contributed by atoms with van der Waals surface area (Å²) < 4.78 is 1.91. The Kier molecular flexibility index (Phi) is 2.88. The normalized spacial score (nSPS) is 26.9. The van der Waals surface area contributed by atoms with E-state index in [0.29, 0.717) is 12.1 Å². The first-order chi connectivity index (χ1) is 9.81. The first-order valence-corrected chi connectivity index (χ1v) is 7.63. The largest absolute Gasteiger partial charge is 0.364 e. The average Bonchev–Trinajstić information content (AvgIpc) is 3.03. The molecule has 0 bridgehead atoms. The molecule has 106 valence electrons. The fraction of sp³-hybridized carbons (Fsp3) is 0.600. The van der Waals surface area contributed by atoms with Gasteiger partial charge in [0.1, 0.15) is 5.52 Å². The molecule has 4 heterocycles. The predicted octanol–water partition coefficient (Wildman–Crippen LogP) is 2.08. The van der Waals surface area contributed by atoms with Gasteiger partial charge in [-0.3, -0.25) is 4.90 Å². The van der Waals surface area contributed by atoms with Gasteiger partial charge in [-0.2, -0.15) is 5.10 Å². The maximum atomic E-state index is 4.53. The molecule has 2 unspecified atom stereocenters. The molecule has 0 spiro atoms. The quantitative estimate of drug-likeness (QED) is 0.908. The van der Waals surface area contributed by atoms with E-state index < -0.39 is 0 Å². The van der Waals surface area contributed by atoms with E-state index in [4.69, 9.17) is 0 Å². The second kappa shape index (κ2) is 4.74. The van der Waals surface area contributed by atoms with Crippen molar-refractivity contribution in [1.29, 1.82) is 0 Å². The Bertz CT molecular complexity index is 620. The van der Waals surface area contributed by atoms with Crippen molar-refractivity contribution in [3.05, 3.63) is 24.2 Å². The van der Waals surface area contributed by atoms with Crippen molar-refractivity contribution >= 4 is 11.3 Å². The molecule has 0 aromatic carbocycles. The van der Waals surface area contributed by atoms with Crippen LogP contribution in [0.2, 0.25) is 0 Å². The first kappa shape index (κ1) is 12.1. The van der Waals surface area contributed by atoms with Crippen LogP contribution in [0.15, 0.2) is 18.5 Å². The zero-order valence-corrected chi connectivity index (χ0v) is 11.9. The molecule has 20 heavy (non-hydrogen) atoms. The third kappa shape index (κ3) is 1.97. The molecule has 2 aliphatic rings. The molecular weight excluding hydrogens is 250 g/mol. The van der Waals surface area contributed by atoms with Gasteiger partial charge in [0.15, 0.2) is 5.82 Å². The summed E-state index contributed by atoms with van der Waals surface area (Å²) in [5, 5.41) is 8.14. The monoisotopic (exact) mass is 271 g/mol. The van der Waals surface area contributed by atoms with Crippen LogP contribution in [0.3, 0.4) is 0 Å². The van der Waals surface area contributed by atoms with Crippen LogP contribution in [0.5, 0.6) is 0 Å². The lowest BCUT2D eigenvalue weighted by Crippen LogP contribution is -2.41. The Morgan fingerprint density at radius 2 is 2.20 bits per heavy atom. The second-order valence-electron chi connectivity index (χ2n) is 6.03. The van der Waals surface area contributed by atoms with Crippen LogP contribution in [0.1, 0.15) is 31.4 Å². The number of hydrogen-bond donors (Lipinski definition) is 1. The Morgan fingerprint density at radius 3 is 3.15 bits per heavy atom. The van der Waals surface area contributed by atoms with Gasteiger partial charge in [0.05, 0.1) is 5.69 Å². The molecule has 0 saturated carbocycles. The Balaban J connectivity index is 1.61. The number of rotatable bonds is 2. The third-order valence-corrected chi connectivity index (χ3v) is 4.69. The van der Waals surface area contributed by atoms with Crippen molar-refractivity contribution in [3.63, 3.8) is 0 Å². The number of hydrogen-bond acceptors (Lipinski definition) is 4. The van der Waals surface area contributed by atoms with Gasteiger partial charge < -0.3 is 5.32 Å². The van der Waals surface area contributed by atoms with Crippen molar-refractivity contribution in [3.8, 4) is 0 Å². The SMILES string of the molecule is Cc1cc2c(NC3CCN4CCCCC34)nccn2n1. The van der Waals surface area contributed by atoms with Gasteiger partial charge in [-0.15, -0.1) is 0 Å². The maximum Gasteiger partial charge on any atom is 0.152 e. The van der Waals surface area contributed by atoms with E-state index in [1.165, 1.54) is 38.8 Å².